The first-order chi connectivity index (χ1) is 9.25. The molecule has 0 aliphatic carbocycles. The minimum atomic E-state index is -0.621. The third kappa shape index (κ3) is 3.03. The van der Waals surface area contributed by atoms with Crippen molar-refractivity contribution in [3.8, 4) is 11.3 Å². The molecule has 1 aliphatic rings. The van der Waals surface area contributed by atoms with Crippen LogP contribution >= 0.6 is 11.3 Å². The van der Waals surface area contributed by atoms with E-state index in [-0.39, 0.29) is 0 Å². The van der Waals surface area contributed by atoms with Gasteiger partial charge in [0.15, 0.2) is 0 Å². The van der Waals surface area contributed by atoms with E-state index in [1.165, 1.54) is 0 Å². The number of β-amino-alcohol motifs (C(OH)–C–C–N with tert-alkyl or cyclic N) is 1. The SMILES string of the molecule is OC1(Cc2nc(-c3ccccc3)cs2)CCCNC1. The fraction of sp³-hybridized carbons (Fsp3) is 0.400. The van der Waals surface area contributed by atoms with Crippen molar-refractivity contribution in [3.63, 3.8) is 0 Å². The van der Waals surface area contributed by atoms with Crippen molar-refractivity contribution in [2.45, 2.75) is 24.9 Å². The molecule has 4 heteroatoms. The lowest BCUT2D eigenvalue weighted by Gasteiger charge is -2.31. The first kappa shape index (κ1) is 12.8. The quantitative estimate of drug-likeness (QED) is 0.904. The molecule has 1 unspecified atom stereocenters. The number of hydrogen-bond acceptors (Lipinski definition) is 4. The van der Waals surface area contributed by atoms with E-state index < -0.39 is 5.60 Å². The topological polar surface area (TPSA) is 45.2 Å². The van der Waals surface area contributed by atoms with Gasteiger partial charge in [0.2, 0.25) is 0 Å². The number of nitrogens with zero attached hydrogens (tertiary/aromatic N) is 1. The first-order valence-corrected chi connectivity index (χ1v) is 7.56. The molecular weight excluding hydrogens is 256 g/mol. The van der Waals surface area contributed by atoms with Crippen molar-refractivity contribution in [2.24, 2.45) is 0 Å². The van der Waals surface area contributed by atoms with Crippen molar-refractivity contribution in [1.82, 2.24) is 10.3 Å². The van der Waals surface area contributed by atoms with Gasteiger partial charge in [-0.15, -0.1) is 11.3 Å². The Morgan fingerprint density at radius 2 is 2.16 bits per heavy atom. The summed E-state index contributed by atoms with van der Waals surface area (Å²) in [4.78, 5) is 4.65. The summed E-state index contributed by atoms with van der Waals surface area (Å²) < 4.78 is 0. The second kappa shape index (κ2) is 5.41. The molecule has 1 atom stereocenters. The van der Waals surface area contributed by atoms with E-state index in [1.54, 1.807) is 11.3 Å². The van der Waals surface area contributed by atoms with Crippen molar-refractivity contribution in [1.29, 1.82) is 0 Å². The Bertz CT molecular complexity index is 532. The van der Waals surface area contributed by atoms with Gasteiger partial charge in [0.25, 0.3) is 0 Å². The fourth-order valence-corrected chi connectivity index (χ4v) is 3.46. The van der Waals surface area contributed by atoms with Crippen LogP contribution in [-0.2, 0) is 6.42 Å². The highest BCUT2D eigenvalue weighted by Crippen LogP contribution is 2.26. The molecule has 1 aliphatic heterocycles. The standard InChI is InChI=1S/C15H18N2OS/c18-15(7-4-8-16-11-15)9-14-17-13(10-19-14)12-5-2-1-3-6-12/h1-3,5-6,10,16,18H,4,7-9,11H2. The molecule has 1 saturated heterocycles. The Labute approximate surface area is 117 Å². The first-order valence-electron chi connectivity index (χ1n) is 6.68. The second-order valence-electron chi connectivity index (χ2n) is 5.17. The largest absolute Gasteiger partial charge is 0.388 e. The number of aromatic nitrogens is 1. The molecule has 1 aromatic carbocycles. The summed E-state index contributed by atoms with van der Waals surface area (Å²) >= 11 is 1.64. The number of hydrogen-bond donors (Lipinski definition) is 2. The Kier molecular flexibility index (Phi) is 3.64. The molecule has 0 saturated carbocycles. The highest BCUT2D eigenvalue weighted by molar-refractivity contribution is 7.09. The van der Waals surface area contributed by atoms with Crippen LogP contribution in [0.25, 0.3) is 11.3 Å². The minimum absolute atomic E-state index is 0.621. The zero-order valence-corrected chi connectivity index (χ0v) is 11.6. The third-order valence-electron chi connectivity index (χ3n) is 3.55. The molecule has 0 spiro atoms. The Balaban J connectivity index is 1.75. The Morgan fingerprint density at radius 3 is 2.89 bits per heavy atom. The van der Waals surface area contributed by atoms with E-state index >= 15 is 0 Å². The maximum absolute atomic E-state index is 10.5. The molecule has 1 aromatic heterocycles. The number of benzene rings is 1. The number of rotatable bonds is 3. The van der Waals surface area contributed by atoms with Crippen LogP contribution in [0.15, 0.2) is 35.7 Å². The van der Waals surface area contributed by atoms with Gasteiger partial charge in [0.1, 0.15) is 0 Å². The predicted octanol–water partition coefficient (Wildman–Crippen LogP) is 2.47. The summed E-state index contributed by atoms with van der Waals surface area (Å²) in [6.45, 7) is 1.68. The van der Waals surface area contributed by atoms with E-state index in [0.717, 1.165) is 35.7 Å². The number of thiazole rings is 1. The average molecular weight is 274 g/mol. The van der Waals surface area contributed by atoms with Crippen LogP contribution in [0, 0.1) is 0 Å². The molecular formula is C15H18N2OS. The van der Waals surface area contributed by atoms with Gasteiger partial charge in [0, 0.05) is 23.9 Å². The maximum Gasteiger partial charge on any atom is 0.0961 e. The van der Waals surface area contributed by atoms with Crippen molar-refractivity contribution in [3.05, 3.63) is 40.7 Å². The lowest BCUT2D eigenvalue weighted by atomic mass is 9.91. The summed E-state index contributed by atoms with van der Waals surface area (Å²) in [6, 6.07) is 10.2. The van der Waals surface area contributed by atoms with Crippen LogP contribution in [0.3, 0.4) is 0 Å². The van der Waals surface area contributed by atoms with Crippen molar-refractivity contribution < 1.29 is 5.11 Å². The van der Waals surface area contributed by atoms with Gasteiger partial charge in [0.05, 0.1) is 16.3 Å². The summed E-state index contributed by atoms with van der Waals surface area (Å²) in [7, 11) is 0. The smallest absolute Gasteiger partial charge is 0.0961 e. The normalized spacial score (nSPS) is 23.4. The van der Waals surface area contributed by atoms with Crippen LogP contribution < -0.4 is 5.32 Å². The van der Waals surface area contributed by atoms with E-state index in [1.807, 2.05) is 18.2 Å². The summed E-state index contributed by atoms with van der Waals surface area (Å²) in [5.74, 6) is 0. The number of piperidine rings is 1. The highest BCUT2D eigenvalue weighted by atomic mass is 32.1. The monoisotopic (exact) mass is 274 g/mol. The summed E-state index contributed by atoms with van der Waals surface area (Å²) in [6.07, 6.45) is 2.55. The van der Waals surface area contributed by atoms with Gasteiger partial charge in [-0.1, -0.05) is 30.3 Å². The van der Waals surface area contributed by atoms with Gasteiger partial charge in [-0.05, 0) is 19.4 Å². The predicted molar refractivity (Wildman–Crippen MR) is 78.3 cm³/mol. The van der Waals surface area contributed by atoms with Gasteiger partial charge >= 0.3 is 0 Å². The van der Waals surface area contributed by atoms with Crippen LogP contribution in [0.4, 0.5) is 0 Å². The fourth-order valence-electron chi connectivity index (χ4n) is 2.52. The Morgan fingerprint density at radius 1 is 1.32 bits per heavy atom. The highest BCUT2D eigenvalue weighted by Gasteiger charge is 2.30. The molecule has 0 radical (unpaired) electrons. The number of aliphatic hydroxyl groups is 1. The van der Waals surface area contributed by atoms with Crippen LogP contribution in [-0.4, -0.2) is 28.8 Å². The molecule has 0 bridgehead atoms. The summed E-state index contributed by atoms with van der Waals surface area (Å²) in [5, 5.41) is 16.9. The van der Waals surface area contributed by atoms with Crippen molar-refractivity contribution >= 4 is 11.3 Å². The second-order valence-corrected chi connectivity index (χ2v) is 6.12. The summed E-state index contributed by atoms with van der Waals surface area (Å²) in [5.41, 5.74) is 1.52. The third-order valence-corrected chi connectivity index (χ3v) is 4.40. The van der Waals surface area contributed by atoms with Gasteiger partial charge < -0.3 is 10.4 Å². The van der Waals surface area contributed by atoms with Gasteiger partial charge in [-0.2, -0.15) is 0 Å². The zero-order chi connectivity index (χ0) is 13.1. The van der Waals surface area contributed by atoms with Gasteiger partial charge in [-0.25, -0.2) is 4.98 Å². The lowest BCUT2D eigenvalue weighted by Crippen LogP contribution is -2.47. The molecule has 2 N–H and O–H groups in total. The molecule has 2 heterocycles. The molecule has 100 valence electrons. The van der Waals surface area contributed by atoms with Gasteiger partial charge in [-0.3, -0.25) is 0 Å². The van der Waals surface area contributed by atoms with E-state index in [0.29, 0.717) is 13.0 Å². The van der Waals surface area contributed by atoms with E-state index in [4.69, 9.17) is 0 Å². The minimum Gasteiger partial charge on any atom is -0.388 e. The molecule has 2 aromatic rings. The molecule has 0 amide bonds. The molecule has 3 nitrogen and oxygen atoms in total. The average Bonchev–Trinajstić information content (AvgIpc) is 2.88. The molecule has 1 fully saturated rings. The van der Waals surface area contributed by atoms with Crippen molar-refractivity contribution in [2.75, 3.05) is 13.1 Å². The van der Waals surface area contributed by atoms with Crippen LogP contribution in [0.5, 0.6) is 0 Å². The number of nitrogens with one attached hydrogen (secondary N) is 1. The lowest BCUT2D eigenvalue weighted by molar-refractivity contribution is 0.0169. The van der Waals surface area contributed by atoms with Crippen LogP contribution in [0.2, 0.25) is 0 Å². The Hall–Kier alpha value is -1.23. The zero-order valence-electron chi connectivity index (χ0n) is 10.8. The van der Waals surface area contributed by atoms with Crippen LogP contribution in [0.1, 0.15) is 17.8 Å². The molecule has 3 rings (SSSR count). The molecule has 19 heavy (non-hydrogen) atoms. The van der Waals surface area contributed by atoms with E-state index in [9.17, 15) is 5.11 Å². The van der Waals surface area contributed by atoms with E-state index in [2.05, 4.69) is 27.8 Å². The maximum atomic E-state index is 10.5.